The van der Waals surface area contributed by atoms with Crippen LogP contribution >= 0.6 is 11.3 Å². The van der Waals surface area contributed by atoms with Crippen LogP contribution in [0.5, 0.6) is 0 Å². The van der Waals surface area contributed by atoms with Crippen LogP contribution in [-0.4, -0.2) is 31.9 Å². The van der Waals surface area contributed by atoms with Crippen molar-refractivity contribution >= 4 is 33.2 Å². The van der Waals surface area contributed by atoms with Crippen molar-refractivity contribution in [1.29, 1.82) is 0 Å². The minimum Gasteiger partial charge on any atom is -0.477 e. The Labute approximate surface area is 101 Å². The second-order valence-electron chi connectivity index (χ2n) is 3.04. The van der Waals surface area contributed by atoms with Gasteiger partial charge in [-0.3, -0.25) is 4.79 Å². The normalized spacial score (nSPS) is 11.3. The molecule has 0 aromatic carbocycles. The van der Waals surface area contributed by atoms with E-state index in [2.05, 4.69) is 4.72 Å². The van der Waals surface area contributed by atoms with Crippen LogP contribution in [-0.2, 0) is 14.8 Å². The number of carboxylic acid groups (broad SMARTS) is 1. The Hall–Kier alpha value is -1.45. The quantitative estimate of drug-likeness (QED) is 0.652. The minimum absolute atomic E-state index is 0.0692. The molecular formula is C8H10N2O5S2. The average Bonchev–Trinajstić information content (AvgIpc) is 2.65. The number of carbonyl (C=O) groups excluding carboxylic acids is 1. The number of thiophene rings is 1. The first-order valence-corrected chi connectivity index (χ1v) is 6.74. The first kappa shape index (κ1) is 13.6. The van der Waals surface area contributed by atoms with Crippen molar-refractivity contribution in [2.45, 2.75) is 10.6 Å². The first-order chi connectivity index (χ1) is 7.83. The van der Waals surface area contributed by atoms with E-state index >= 15 is 0 Å². The predicted octanol–water partition coefficient (Wildman–Crippen LogP) is -0.400. The molecule has 1 aromatic heterocycles. The highest BCUT2D eigenvalue weighted by Gasteiger charge is 2.18. The maximum Gasteiger partial charge on any atom is 0.345 e. The van der Waals surface area contributed by atoms with Gasteiger partial charge in [-0.1, -0.05) is 0 Å². The number of hydrogen-bond donors (Lipinski definition) is 3. The summed E-state index contributed by atoms with van der Waals surface area (Å²) in [7, 11) is -3.77. The van der Waals surface area contributed by atoms with E-state index in [-0.39, 0.29) is 22.1 Å². The smallest absolute Gasteiger partial charge is 0.345 e. The van der Waals surface area contributed by atoms with E-state index in [0.29, 0.717) is 11.3 Å². The van der Waals surface area contributed by atoms with Crippen LogP contribution in [0.3, 0.4) is 0 Å². The van der Waals surface area contributed by atoms with Gasteiger partial charge in [0.1, 0.15) is 9.09 Å². The number of amides is 1. The van der Waals surface area contributed by atoms with Gasteiger partial charge in [-0.05, 0) is 12.1 Å². The molecule has 1 aromatic rings. The number of hydrogen-bond acceptors (Lipinski definition) is 5. The van der Waals surface area contributed by atoms with Crippen LogP contribution in [0.4, 0.5) is 0 Å². The van der Waals surface area contributed by atoms with Gasteiger partial charge >= 0.3 is 5.97 Å². The van der Waals surface area contributed by atoms with Crippen molar-refractivity contribution in [2.24, 2.45) is 5.73 Å². The van der Waals surface area contributed by atoms with Gasteiger partial charge in [-0.25, -0.2) is 17.9 Å². The zero-order chi connectivity index (χ0) is 13.1. The van der Waals surface area contributed by atoms with Crippen LogP contribution in [0.15, 0.2) is 16.3 Å². The molecule has 4 N–H and O–H groups in total. The van der Waals surface area contributed by atoms with Gasteiger partial charge in [0.2, 0.25) is 15.9 Å². The summed E-state index contributed by atoms with van der Waals surface area (Å²) in [4.78, 5) is 20.9. The molecule has 94 valence electrons. The number of aromatic carboxylic acids is 1. The number of sulfonamides is 1. The molecule has 0 radical (unpaired) electrons. The zero-order valence-electron chi connectivity index (χ0n) is 8.54. The minimum atomic E-state index is -3.77. The molecule has 0 bridgehead atoms. The van der Waals surface area contributed by atoms with Crippen molar-refractivity contribution in [3.05, 3.63) is 17.0 Å². The number of carbonyl (C=O) groups is 2. The van der Waals surface area contributed by atoms with Gasteiger partial charge in [0, 0.05) is 13.0 Å². The number of nitrogens with two attached hydrogens (primary N) is 1. The Morgan fingerprint density at radius 3 is 2.53 bits per heavy atom. The molecule has 1 rings (SSSR count). The summed E-state index contributed by atoms with van der Waals surface area (Å²) in [6.45, 7) is -0.113. The third kappa shape index (κ3) is 3.80. The Bertz CT molecular complexity index is 534. The van der Waals surface area contributed by atoms with Gasteiger partial charge in [-0.2, -0.15) is 0 Å². The molecular weight excluding hydrogens is 268 g/mol. The summed E-state index contributed by atoms with van der Waals surface area (Å²) < 4.78 is 25.2. The van der Waals surface area contributed by atoms with Crippen molar-refractivity contribution < 1.29 is 23.1 Å². The van der Waals surface area contributed by atoms with E-state index in [1.807, 2.05) is 0 Å². The lowest BCUT2D eigenvalue weighted by Gasteiger charge is -2.02. The maximum absolute atomic E-state index is 11.6. The Morgan fingerprint density at radius 1 is 1.41 bits per heavy atom. The van der Waals surface area contributed by atoms with Crippen LogP contribution in [0.2, 0.25) is 0 Å². The van der Waals surface area contributed by atoms with Crippen molar-refractivity contribution in [3.63, 3.8) is 0 Å². The average molecular weight is 278 g/mol. The van der Waals surface area contributed by atoms with Gasteiger partial charge in [0.25, 0.3) is 0 Å². The second kappa shape index (κ2) is 5.25. The van der Waals surface area contributed by atoms with Crippen LogP contribution in [0.1, 0.15) is 16.1 Å². The van der Waals surface area contributed by atoms with Crippen LogP contribution in [0.25, 0.3) is 0 Å². The molecule has 0 atom stereocenters. The highest BCUT2D eigenvalue weighted by atomic mass is 32.2. The Kier molecular flexibility index (Phi) is 4.21. The first-order valence-electron chi connectivity index (χ1n) is 4.44. The fourth-order valence-corrected chi connectivity index (χ4v) is 3.18. The Morgan fingerprint density at radius 2 is 2.06 bits per heavy atom. The van der Waals surface area contributed by atoms with Gasteiger partial charge in [-0.15, -0.1) is 11.3 Å². The zero-order valence-corrected chi connectivity index (χ0v) is 10.2. The van der Waals surface area contributed by atoms with Gasteiger partial charge in [0.15, 0.2) is 0 Å². The number of rotatable bonds is 6. The topological polar surface area (TPSA) is 127 Å². The molecule has 9 heteroatoms. The van der Waals surface area contributed by atoms with E-state index in [1.165, 1.54) is 12.1 Å². The van der Waals surface area contributed by atoms with Crippen molar-refractivity contribution in [1.82, 2.24) is 4.72 Å². The molecule has 1 heterocycles. The van der Waals surface area contributed by atoms with E-state index in [1.54, 1.807) is 0 Å². The molecule has 0 unspecified atom stereocenters. The van der Waals surface area contributed by atoms with E-state index in [9.17, 15) is 18.0 Å². The van der Waals surface area contributed by atoms with Crippen LogP contribution in [0, 0.1) is 0 Å². The number of carboxylic acids is 1. The molecule has 7 nitrogen and oxygen atoms in total. The summed E-state index contributed by atoms with van der Waals surface area (Å²) in [6.07, 6.45) is -0.115. The molecule has 0 aliphatic rings. The van der Waals surface area contributed by atoms with Crippen molar-refractivity contribution in [2.75, 3.05) is 6.54 Å². The third-order valence-electron chi connectivity index (χ3n) is 1.72. The Balaban J connectivity index is 2.75. The van der Waals surface area contributed by atoms with Crippen LogP contribution < -0.4 is 10.5 Å². The maximum atomic E-state index is 11.6. The molecule has 0 spiro atoms. The SMILES string of the molecule is NC(=O)CCNS(=O)(=O)c1ccc(C(=O)O)s1. The summed E-state index contributed by atoms with van der Waals surface area (Å²) in [5, 5.41) is 8.65. The van der Waals surface area contributed by atoms with E-state index < -0.39 is 21.9 Å². The molecule has 1 amide bonds. The highest BCUT2D eigenvalue weighted by Crippen LogP contribution is 2.21. The molecule has 0 saturated heterocycles. The van der Waals surface area contributed by atoms with Gasteiger partial charge in [0.05, 0.1) is 0 Å². The number of nitrogens with one attached hydrogen (secondary N) is 1. The standard InChI is InChI=1S/C8H10N2O5S2/c9-6(11)3-4-10-17(14,15)7-2-1-5(16-7)8(12)13/h1-2,10H,3-4H2,(H2,9,11)(H,12,13). The third-order valence-corrected chi connectivity index (χ3v) is 4.75. The van der Waals surface area contributed by atoms with Crippen molar-refractivity contribution in [3.8, 4) is 0 Å². The van der Waals surface area contributed by atoms with E-state index in [0.717, 1.165) is 0 Å². The monoisotopic (exact) mass is 278 g/mol. The van der Waals surface area contributed by atoms with Gasteiger partial charge < -0.3 is 10.8 Å². The molecule has 0 aliphatic carbocycles. The molecule has 0 aliphatic heterocycles. The predicted molar refractivity (Wildman–Crippen MR) is 60.3 cm³/mol. The number of primary amides is 1. The fraction of sp³-hybridized carbons (Fsp3) is 0.250. The molecule has 17 heavy (non-hydrogen) atoms. The fourth-order valence-electron chi connectivity index (χ4n) is 0.959. The molecule has 0 fully saturated rings. The summed E-state index contributed by atoms with van der Waals surface area (Å²) in [6, 6.07) is 2.40. The lowest BCUT2D eigenvalue weighted by atomic mass is 10.4. The lowest BCUT2D eigenvalue weighted by molar-refractivity contribution is -0.117. The largest absolute Gasteiger partial charge is 0.477 e. The summed E-state index contributed by atoms with van der Waals surface area (Å²) >= 11 is 0.641. The lowest BCUT2D eigenvalue weighted by Crippen LogP contribution is -2.27. The summed E-state index contributed by atoms with van der Waals surface area (Å²) in [5.74, 6) is -1.81. The molecule has 0 saturated carbocycles. The second-order valence-corrected chi connectivity index (χ2v) is 6.12. The summed E-state index contributed by atoms with van der Waals surface area (Å²) in [5.41, 5.74) is 4.86. The highest BCUT2D eigenvalue weighted by molar-refractivity contribution is 7.91. The van der Waals surface area contributed by atoms with E-state index in [4.69, 9.17) is 10.8 Å².